The predicted octanol–water partition coefficient (Wildman–Crippen LogP) is 2.61. The maximum Gasteiger partial charge on any atom is 0.251 e. The average molecular weight is 416 g/mol. The lowest BCUT2D eigenvalue weighted by molar-refractivity contribution is 0.0951. The second kappa shape index (κ2) is 7.60. The lowest BCUT2D eigenvalue weighted by Crippen LogP contribution is -2.23. The number of aryl methyl sites for hydroxylation is 1. The number of nitrogens with zero attached hydrogens (tertiary/aromatic N) is 1. The number of nitrogens with one attached hydrogen (secondary N) is 2. The summed E-state index contributed by atoms with van der Waals surface area (Å²) >= 11 is 1.47. The van der Waals surface area contributed by atoms with Gasteiger partial charge in [-0.2, -0.15) is 0 Å². The number of hydrogen-bond donors (Lipinski definition) is 2. The summed E-state index contributed by atoms with van der Waals surface area (Å²) in [6.07, 6.45) is 0. The molecule has 2 unspecified atom stereocenters. The van der Waals surface area contributed by atoms with Crippen molar-refractivity contribution in [2.75, 3.05) is 16.8 Å². The van der Waals surface area contributed by atoms with Crippen molar-refractivity contribution in [1.82, 2.24) is 5.32 Å². The number of carbonyl (C=O) groups is 1. The fourth-order valence-electron chi connectivity index (χ4n) is 3.31. The molecule has 0 spiro atoms. The molecule has 2 heterocycles. The van der Waals surface area contributed by atoms with Crippen LogP contribution in [0, 0.1) is 6.92 Å². The summed E-state index contributed by atoms with van der Waals surface area (Å²) in [6, 6.07) is 15.1. The smallest absolute Gasteiger partial charge is 0.251 e. The van der Waals surface area contributed by atoms with E-state index in [9.17, 15) is 13.2 Å². The van der Waals surface area contributed by atoms with Gasteiger partial charge in [0, 0.05) is 23.0 Å². The standard InChI is InChI=1S/C20H21N3O3S2/c1-13-7-8-15(19(24)21-10-14-5-3-2-4-6-14)9-16(13)22-20-23-17-11-28(25,26)12-18(17)27-20/h2-9,17-18H,10-12H2,1H3,(H,21,24)(H,22,23). The molecule has 2 N–H and O–H groups in total. The van der Waals surface area contributed by atoms with E-state index in [2.05, 4.69) is 15.6 Å². The number of hydrogen-bond acceptors (Lipinski definition) is 6. The van der Waals surface area contributed by atoms with E-state index in [-0.39, 0.29) is 28.7 Å². The van der Waals surface area contributed by atoms with Gasteiger partial charge in [0.2, 0.25) is 0 Å². The number of thioether (sulfide) groups is 1. The van der Waals surface area contributed by atoms with E-state index in [0.717, 1.165) is 22.0 Å². The maximum atomic E-state index is 12.5. The normalized spacial score (nSPS) is 22.4. The Morgan fingerprint density at radius 1 is 1.18 bits per heavy atom. The molecule has 2 aromatic carbocycles. The van der Waals surface area contributed by atoms with Crippen LogP contribution in [0.4, 0.5) is 5.69 Å². The minimum absolute atomic E-state index is 0.00911. The Bertz CT molecular complexity index is 1040. The molecule has 28 heavy (non-hydrogen) atoms. The van der Waals surface area contributed by atoms with E-state index in [1.54, 1.807) is 6.07 Å². The van der Waals surface area contributed by atoms with Crippen LogP contribution in [0.15, 0.2) is 53.5 Å². The number of sulfone groups is 1. The van der Waals surface area contributed by atoms with Crippen LogP contribution in [-0.4, -0.2) is 42.3 Å². The number of amidine groups is 1. The zero-order chi connectivity index (χ0) is 19.7. The highest BCUT2D eigenvalue weighted by Crippen LogP contribution is 2.35. The number of aliphatic imine (C=N–C) groups is 1. The van der Waals surface area contributed by atoms with Crippen molar-refractivity contribution in [2.24, 2.45) is 4.99 Å². The highest BCUT2D eigenvalue weighted by Gasteiger charge is 2.42. The molecule has 1 amide bonds. The number of fused-ring (bicyclic) bond motifs is 1. The predicted molar refractivity (Wildman–Crippen MR) is 114 cm³/mol. The molecular weight excluding hydrogens is 394 g/mol. The van der Waals surface area contributed by atoms with Gasteiger partial charge in [0.05, 0.1) is 17.5 Å². The summed E-state index contributed by atoms with van der Waals surface area (Å²) in [7, 11) is -2.97. The molecule has 2 aliphatic heterocycles. The van der Waals surface area contributed by atoms with Crippen LogP contribution < -0.4 is 10.6 Å². The average Bonchev–Trinajstić information content (AvgIpc) is 3.15. The van der Waals surface area contributed by atoms with Crippen LogP contribution >= 0.6 is 11.8 Å². The zero-order valence-corrected chi connectivity index (χ0v) is 17.0. The molecule has 8 heteroatoms. The van der Waals surface area contributed by atoms with Crippen LogP contribution in [0.5, 0.6) is 0 Å². The largest absolute Gasteiger partial charge is 0.348 e. The molecule has 146 valence electrons. The van der Waals surface area contributed by atoms with Crippen molar-refractivity contribution in [2.45, 2.75) is 24.8 Å². The molecule has 6 nitrogen and oxygen atoms in total. The summed E-state index contributed by atoms with van der Waals surface area (Å²) < 4.78 is 23.4. The van der Waals surface area contributed by atoms with Gasteiger partial charge in [-0.15, -0.1) is 0 Å². The molecule has 0 aromatic heterocycles. The minimum Gasteiger partial charge on any atom is -0.348 e. The van der Waals surface area contributed by atoms with Crippen molar-refractivity contribution >= 4 is 38.4 Å². The lowest BCUT2D eigenvalue weighted by atomic mass is 10.1. The number of carbonyl (C=O) groups excluding carboxylic acids is 1. The van der Waals surface area contributed by atoms with Gasteiger partial charge >= 0.3 is 0 Å². The number of amides is 1. The van der Waals surface area contributed by atoms with Gasteiger partial charge in [-0.3, -0.25) is 9.79 Å². The lowest BCUT2D eigenvalue weighted by Gasteiger charge is -2.12. The van der Waals surface area contributed by atoms with E-state index >= 15 is 0 Å². The SMILES string of the molecule is Cc1ccc(C(=O)NCc2ccccc2)cc1NC1=NC2CS(=O)(=O)CC2S1. The molecule has 0 radical (unpaired) electrons. The zero-order valence-electron chi connectivity index (χ0n) is 15.4. The third kappa shape index (κ3) is 4.23. The van der Waals surface area contributed by atoms with Crippen molar-refractivity contribution in [3.63, 3.8) is 0 Å². The van der Waals surface area contributed by atoms with Crippen molar-refractivity contribution in [3.8, 4) is 0 Å². The fraction of sp³-hybridized carbons (Fsp3) is 0.300. The molecule has 2 aromatic rings. The molecule has 2 aliphatic rings. The summed E-state index contributed by atoms with van der Waals surface area (Å²) in [5.74, 6) is 0.158. The topological polar surface area (TPSA) is 87.6 Å². The highest BCUT2D eigenvalue weighted by atomic mass is 32.2. The van der Waals surface area contributed by atoms with E-state index < -0.39 is 9.84 Å². The number of anilines is 1. The van der Waals surface area contributed by atoms with Crippen molar-refractivity contribution in [3.05, 3.63) is 65.2 Å². The molecular formula is C20H21N3O3S2. The fourth-order valence-corrected chi connectivity index (χ4v) is 6.98. The first kappa shape index (κ1) is 19.0. The Balaban J connectivity index is 1.43. The Morgan fingerprint density at radius 3 is 2.71 bits per heavy atom. The Morgan fingerprint density at radius 2 is 1.96 bits per heavy atom. The van der Waals surface area contributed by atoms with Crippen LogP contribution in [0.3, 0.4) is 0 Å². The maximum absolute atomic E-state index is 12.5. The molecule has 0 saturated carbocycles. The first-order valence-corrected chi connectivity index (χ1v) is 11.7. The second-order valence-corrected chi connectivity index (χ2v) is 10.4. The quantitative estimate of drug-likeness (QED) is 0.802. The molecule has 1 fully saturated rings. The van der Waals surface area contributed by atoms with Crippen LogP contribution in [0.2, 0.25) is 0 Å². The molecule has 4 rings (SSSR count). The third-order valence-electron chi connectivity index (χ3n) is 4.86. The van der Waals surface area contributed by atoms with E-state index in [1.807, 2.05) is 49.4 Å². The van der Waals surface area contributed by atoms with Gasteiger partial charge in [-0.1, -0.05) is 48.2 Å². The van der Waals surface area contributed by atoms with Gasteiger partial charge in [-0.25, -0.2) is 8.42 Å². The summed E-state index contributed by atoms with van der Waals surface area (Å²) in [6.45, 7) is 2.43. The van der Waals surface area contributed by atoms with Crippen LogP contribution in [0.25, 0.3) is 0 Å². The monoisotopic (exact) mass is 415 g/mol. The summed E-state index contributed by atoms with van der Waals surface area (Å²) in [5, 5.41) is 6.91. The Hall–Kier alpha value is -2.32. The first-order valence-electron chi connectivity index (χ1n) is 9.04. The van der Waals surface area contributed by atoms with Crippen LogP contribution in [-0.2, 0) is 16.4 Å². The second-order valence-electron chi connectivity index (χ2n) is 7.06. The third-order valence-corrected chi connectivity index (χ3v) is 8.00. The minimum atomic E-state index is -2.97. The Labute approximate surface area is 168 Å². The first-order chi connectivity index (χ1) is 13.4. The van der Waals surface area contributed by atoms with Gasteiger partial charge in [0.1, 0.15) is 0 Å². The van der Waals surface area contributed by atoms with Gasteiger partial charge in [0.15, 0.2) is 15.0 Å². The number of benzene rings is 2. The van der Waals surface area contributed by atoms with Crippen molar-refractivity contribution < 1.29 is 13.2 Å². The van der Waals surface area contributed by atoms with Crippen molar-refractivity contribution in [1.29, 1.82) is 0 Å². The van der Waals surface area contributed by atoms with E-state index in [0.29, 0.717) is 12.1 Å². The summed E-state index contributed by atoms with van der Waals surface area (Å²) in [5.41, 5.74) is 3.41. The van der Waals surface area contributed by atoms with Gasteiger partial charge in [-0.05, 0) is 30.2 Å². The summed E-state index contributed by atoms with van der Waals surface area (Å²) in [4.78, 5) is 17.0. The molecule has 0 aliphatic carbocycles. The van der Waals surface area contributed by atoms with Gasteiger partial charge < -0.3 is 10.6 Å². The Kier molecular flexibility index (Phi) is 5.16. The van der Waals surface area contributed by atoms with Gasteiger partial charge in [0.25, 0.3) is 5.91 Å². The van der Waals surface area contributed by atoms with Crippen LogP contribution in [0.1, 0.15) is 21.5 Å². The molecule has 1 saturated heterocycles. The van der Waals surface area contributed by atoms with E-state index in [1.165, 1.54) is 11.8 Å². The van der Waals surface area contributed by atoms with E-state index in [4.69, 9.17) is 0 Å². The highest BCUT2D eigenvalue weighted by molar-refractivity contribution is 8.15. The molecule has 0 bridgehead atoms. The molecule has 2 atom stereocenters. The number of rotatable bonds is 4.